The zero-order valence-corrected chi connectivity index (χ0v) is 14.2. The van der Waals surface area contributed by atoms with Crippen LogP contribution in [-0.4, -0.2) is 25.2 Å². The molecule has 0 spiro atoms. The summed E-state index contributed by atoms with van der Waals surface area (Å²) < 4.78 is 3.07. The van der Waals surface area contributed by atoms with Crippen molar-refractivity contribution in [1.29, 1.82) is 0 Å². The van der Waals surface area contributed by atoms with Gasteiger partial charge in [0.2, 0.25) is 0 Å². The van der Waals surface area contributed by atoms with Crippen molar-refractivity contribution >= 4 is 11.6 Å². The maximum Gasteiger partial charge on any atom is 0.276 e. The van der Waals surface area contributed by atoms with Crippen molar-refractivity contribution in [3.05, 3.63) is 101 Å². The summed E-state index contributed by atoms with van der Waals surface area (Å²) >= 11 is 0. The molecule has 0 saturated heterocycles. The number of hydrogen-bond acceptors (Lipinski definition) is 4. The molecule has 7 nitrogen and oxygen atoms in total. The van der Waals surface area contributed by atoms with Crippen molar-refractivity contribution in [1.82, 2.24) is 19.3 Å². The van der Waals surface area contributed by atoms with E-state index in [-0.39, 0.29) is 11.3 Å². The van der Waals surface area contributed by atoms with Gasteiger partial charge in [0.25, 0.3) is 11.5 Å². The highest BCUT2D eigenvalue weighted by molar-refractivity contribution is 6.02. The lowest BCUT2D eigenvalue weighted by molar-refractivity contribution is 0.102. The Kier molecular flexibility index (Phi) is 4.32. The van der Waals surface area contributed by atoms with Gasteiger partial charge in [0, 0.05) is 29.8 Å². The Morgan fingerprint density at radius 1 is 0.889 bits per heavy atom. The Morgan fingerprint density at radius 2 is 1.67 bits per heavy atom. The summed E-state index contributed by atoms with van der Waals surface area (Å²) in [5.41, 5.74) is 2.01. The van der Waals surface area contributed by atoms with Gasteiger partial charge in [-0.3, -0.25) is 9.59 Å². The van der Waals surface area contributed by atoms with Crippen LogP contribution in [0, 0.1) is 0 Å². The number of carbonyl (C=O) groups excluding carboxylic acids is 1. The molecular formula is C20H15N5O2. The molecule has 0 atom stereocenters. The lowest BCUT2D eigenvalue weighted by Crippen LogP contribution is -2.24. The average Bonchev–Trinajstić information content (AvgIpc) is 3.24. The van der Waals surface area contributed by atoms with E-state index in [1.807, 2.05) is 29.0 Å². The lowest BCUT2D eigenvalue weighted by Gasteiger charge is -2.09. The standard InChI is InChI=1S/C20H15N5O2/c26-19-11-10-18(23-25(19)17-4-2-1-3-5-17)20(27)22-15-6-8-16(9-7-15)24-13-12-21-14-24/h1-14H,(H,22,27). The molecule has 7 heteroatoms. The molecule has 27 heavy (non-hydrogen) atoms. The van der Waals surface area contributed by atoms with Crippen molar-refractivity contribution < 1.29 is 4.79 Å². The van der Waals surface area contributed by atoms with Gasteiger partial charge in [-0.1, -0.05) is 18.2 Å². The Bertz CT molecular complexity index is 1120. The number of aromatic nitrogens is 4. The Balaban J connectivity index is 1.56. The predicted molar refractivity (Wildman–Crippen MR) is 101 cm³/mol. The Hall–Kier alpha value is -4.00. The normalized spacial score (nSPS) is 10.5. The number of imidazole rings is 1. The number of hydrogen-bond donors (Lipinski definition) is 1. The number of anilines is 1. The maximum absolute atomic E-state index is 12.5. The fourth-order valence-corrected chi connectivity index (χ4v) is 2.61. The second-order valence-corrected chi connectivity index (χ2v) is 5.78. The molecule has 0 fully saturated rings. The van der Waals surface area contributed by atoms with E-state index in [0.717, 1.165) is 5.69 Å². The number of benzene rings is 2. The van der Waals surface area contributed by atoms with Crippen molar-refractivity contribution in [2.24, 2.45) is 0 Å². The number of nitrogens with one attached hydrogen (secondary N) is 1. The van der Waals surface area contributed by atoms with Crippen LogP contribution >= 0.6 is 0 Å². The van der Waals surface area contributed by atoms with Crippen LogP contribution in [0.3, 0.4) is 0 Å². The van der Waals surface area contributed by atoms with E-state index in [1.165, 1.54) is 16.8 Å². The Morgan fingerprint density at radius 3 is 2.37 bits per heavy atom. The minimum Gasteiger partial charge on any atom is -0.321 e. The zero-order chi connectivity index (χ0) is 18.6. The number of rotatable bonds is 4. The van der Waals surface area contributed by atoms with Crippen molar-refractivity contribution in [3.8, 4) is 11.4 Å². The quantitative estimate of drug-likeness (QED) is 0.609. The summed E-state index contributed by atoms with van der Waals surface area (Å²) in [7, 11) is 0. The van der Waals surface area contributed by atoms with Crippen LogP contribution in [0.2, 0.25) is 0 Å². The second-order valence-electron chi connectivity index (χ2n) is 5.78. The van der Waals surface area contributed by atoms with E-state index in [2.05, 4.69) is 15.4 Å². The van der Waals surface area contributed by atoms with Crippen LogP contribution in [-0.2, 0) is 0 Å². The first-order valence-corrected chi connectivity index (χ1v) is 8.26. The molecular weight excluding hydrogens is 342 g/mol. The van der Waals surface area contributed by atoms with Gasteiger partial charge >= 0.3 is 0 Å². The molecule has 0 aliphatic rings. The maximum atomic E-state index is 12.5. The van der Waals surface area contributed by atoms with Crippen LogP contribution in [0.25, 0.3) is 11.4 Å². The SMILES string of the molecule is O=C(Nc1ccc(-n2ccnc2)cc1)c1ccc(=O)n(-c2ccccc2)n1. The molecule has 2 aromatic carbocycles. The summed E-state index contributed by atoms with van der Waals surface area (Å²) in [6.07, 6.45) is 5.23. The largest absolute Gasteiger partial charge is 0.321 e. The van der Waals surface area contributed by atoms with E-state index in [9.17, 15) is 9.59 Å². The molecule has 4 rings (SSSR count). The molecule has 132 valence electrons. The highest BCUT2D eigenvalue weighted by Crippen LogP contribution is 2.14. The van der Waals surface area contributed by atoms with Crippen LogP contribution in [0.15, 0.2) is 90.2 Å². The first kappa shape index (κ1) is 16.5. The minimum absolute atomic E-state index is 0.150. The topological polar surface area (TPSA) is 81.8 Å². The van der Waals surface area contributed by atoms with E-state index < -0.39 is 5.91 Å². The number of amides is 1. The Labute approximate surface area is 154 Å². The first-order valence-electron chi connectivity index (χ1n) is 8.26. The highest BCUT2D eigenvalue weighted by atomic mass is 16.2. The van der Waals surface area contributed by atoms with Gasteiger partial charge < -0.3 is 9.88 Å². The first-order chi connectivity index (χ1) is 13.2. The number of nitrogens with zero attached hydrogens (tertiary/aromatic N) is 4. The van der Waals surface area contributed by atoms with Crippen molar-refractivity contribution in [3.63, 3.8) is 0 Å². The third-order valence-electron chi connectivity index (χ3n) is 3.96. The van der Waals surface area contributed by atoms with Gasteiger partial charge in [0.15, 0.2) is 0 Å². The van der Waals surface area contributed by atoms with Gasteiger partial charge in [-0.15, -0.1) is 0 Å². The van der Waals surface area contributed by atoms with Crippen LogP contribution in [0.4, 0.5) is 5.69 Å². The predicted octanol–water partition coefficient (Wildman–Crippen LogP) is 2.67. The summed E-state index contributed by atoms with van der Waals surface area (Å²) in [5, 5.41) is 6.96. The molecule has 1 N–H and O–H groups in total. The molecule has 4 aromatic rings. The molecule has 0 bridgehead atoms. The molecule has 2 heterocycles. The highest BCUT2D eigenvalue weighted by Gasteiger charge is 2.11. The molecule has 0 aliphatic heterocycles. The zero-order valence-electron chi connectivity index (χ0n) is 14.2. The molecule has 2 aromatic heterocycles. The summed E-state index contributed by atoms with van der Waals surface area (Å²) in [5.74, 6) is -0.393. The summed E-state index contributed by atoms with van der Waals surface area (Å²) in [6.45, 7) is 0. The molecule has 0 aliphatic carbocycles. The van der Waals surface area contributed by atoms with E-state index >= 15 is 0 Å². The summed E-state index contributed by atoms with van der Waals surface area (Å²) in [6, 6.07) is 19.0. The molecule has 1 amide bonds. The van der Waals surface area contributed by atoms with Crippen molar-refractivity contribution in [2.45, 2.75) is 0 Å². The van der Waals surface area contributed by atoms with E-state index in [4.69, 9.17) is 0 Å². The van der Waals surface area contributed by atoms with Crippen LogP contribution < -0.4 is 10.9 Å². The molecule has 0 unspecified atom stereocenters. The molecule has 0 saturated carbocycles. The van der Waals surface area contributed by atoms with Gasteiger partial charge in [-0.25, -0.2) is 4.98 Å². The molecule has 0 radical (unpaired) electrons. The van der Waals surface area contributed by atoms with Crippen molar-refractivity contribution in [2.75, 3.05) is 5.32 Å². The minimum atomic E-state index is -0.393. The van der Waals surface area contributed by atoms with Gasteiger partial charge in [-0.2, -0.15) is 9.78 Å². The number of carbonyl (C=O) groups is 1. The van der Waals surface area contributed by atoms with E-state index in [0.29, 0.717) is 11.4 Å². The van der Waals surface area contributed by atoms with Crippen LogP contribution in [0.5, 0.6) is 0 Å². The second kappa shape index (κ2) is 7.09. The fourth-order valence-electron chi connectivity index (χ4n) is 2.61. The van der Waals surface area contributed by atoms with Gasteiger partial charge in [0.05, 0.1) is 12.0 Å². The van der Waals surface area contributed by atoms with Crippen LogP contribution in [0.1, 0.15) is 10.5 Å². The van der Waals surface area contributed by atoms with E-state index in [1.54, 1.807) is 48.9 Å². The van der Waals surface area contributed by atoms with Gasteiger partial charge in [-0.05, 0) is 42.5 Å². The third-order valence-corrected chi connectivity index (χ3v) is 3.96. The third kappa shape index (κ3) is 3.52. The smallest absolute Gasteiger partial charge is 0.276 e. The average molecular weight is 357 g/mol. The lowest BCUT2D eigenvalue weighted by atomic mass is 10.2. The van der Waals surface area contributed by atoms with Gasteiger partial charge in [0.1, 0.15) is 5.69 Å². The number of para-hydroxylation sites is 1. The fraction of sp³-hybridized carbons (Fsp3) is 0. The summed E-state index contributed by atoms with van der Waals surface area (Å²) in [4.78, 5) is 28.6. The monoisotopic (exact) mass is 357 g/mol.